The third kappa shape index (κ3) is 3.96. The number of anilines is 1. The van der Waals surface area contributed by atoms with Gasteiger partial charge in [-0.2, -0.15) is 0 Å². The number of hydrogen-bond donors (Lipinski definition) is 3. The van der Waals surface area contributed by atoms with Crippen LogP contribution >= 0.6 is 23.8 Å². The summed E-state index contributed by atoms with van der Waals surface area (Å²) in [6.45, 7) is 3.85. The molecular weight excluding hydrogens is 244 g/mol. The van der Waals surface area contributed by atoms with Crippen LogP contribution in [0.2, 0.25) is 5.02 Å². The molecule has 1 rings (SSSR count). The summed E-state index contributed by atoms with van der Waals surface area (Å²) < 4.78 is 0. The summed E-state index contributed by atoms with van der Waals surface area (Å²) >= 11 is 11.0. The molecule has 88 valence electrons. The van der Waals surface area contributed by atoms with Gasteiger partial charge in [0.2, 0.25) is 0 Å². The first-order valence-electron chi connectivity index (χ1n) is 4.97. The molecule has 0 saturated heterocycles. The normalized spacial score (nSPS) is 12.0. The number of rotatable bonds is 3. The molecule has 0 radical (unpaired) electrons. The Hall–Kier alpha value is -0.840. The SMILES string of the molecule is Cc1ccc(Cl)cc1NC(=S)N[C@@H](C)CO. The Morgan fingerprint density at radius 3 is 2.88 bits per heavy atom. The van der Waals surface area contributed by atoms with E-state index in [4.69, 9.17) is 28.9 Å². The monoisotopic (exact) mass is 258 g/mol. The van der Waals surface area contributed by atoms with Crippen molar-refractivity contribution in [3.05, 3.63) is 28.8 Å². The van der Waals surface area contributed by atoms with Crippen molar-refractivity contribution in [2.75, 3.05) is 11.9 Å². The Balaban J connectivity index is 2.65. The topological polar surface area (TPSA) is 44.3 Å². The van der Waals surface area contributed by atoms with Crippen LogP contribution in [0.5, 0.6) is 0 Å². The maximum atomic E-state index is 8.88. The molecule has 5 heteroatoms. The van der Waals surface area contributed by atoms with Crippen molar-refractivity contribution in [3.63, 3.8) is 0 Å². The molecule has 0 bridgehead atoms. The molecule has 1 aromatic rings. The Morgan fingerprint density at radius 2 is 2.25 bits per heavy atom. The number of benzene rings is 1. The second-order valence-corrected chi connectivity index (χ2v) is 4.49. The highest BCUT2D eigenvalue weighted by Crippen LogP contribution is 2.19. The maximum Gasteiger partial charge on any atom is 0.171 e. The first-order valence-corrected chi connectivity index (χ1v) is 5.76. The zero-order chi connectivity index (χ0) is 12.1. The van der Waals surface area contributed by atoms with Gasteiger partial charge in [-0.05, 0) is 43.8 Å². The van der Waals surface area contributed by atoms with Crippen molar-refractivity contribution in [2.45, 2.75) is 19.9 Å². The molecule has 0 aliphatic rings. The predicted octanol–water partition coefficient (Wildman–Crippen LogP) is 2.32. The minimum atomic E-state index is -0.0699. The van der Waals surface area contributed by atoms with E-state index >= 15 is 0 Å². The lowest BCUT2D eigenvalue weighted by Gasteiger charge is -2.16. The van der Waals surface area contributed by atoms with Crippen molar-refractivity contribution >= 4 is 34.6 Å². The summed E-state index contributed by atoms with van der Waals surface area (Å²) in [5, 5.41) is 16.0. The summed E-state index contributed by atoms with van der Waals surface area (Å²) in [5.41, 5.74) is 1.93. The van der Waals surface area contributed by atoms with Gasteiger partial charge in [0.25, 0.3) is 0 Å². The largest absolute Gasteiger partial charge is 0.394 e. The molecule has 0 heterocycles. The molecule has 16 heavy (non-hydrogen) atoms. The number of thiocarbonyl (C=S) groups is 1. The number of aliphatic hydroxyl groups is 1. The third-order valence-electron chi connectivity index (χ3n) is 2.10. The van der Waals surface area contributed by atoms with Crippen LogP contribution in [-0.4, -0.2) is 22.9 Å². The van der Waals surface area contributed by atoms with Gasteiger partial charge >= 0.3 is 0 Å². The predicted molar refractivity (Wildman–Crippen MR) is 72.1 cm³/mol. The van der Waals surface area contributed by atoms with Gasteiger partial charge < -0.3 is 15.7 Å². The summed E-state index contributed by atoms with van der Waals surface area (Å²) in [7, 11) is 0. The molecule has 0 aromatic heterocycles. The van der Waals surface area contributed by atoms with Crippen LogP contribution in [-0.2, 0) is 0 Å². The number of nitrogens with one attached hydrogen (secondary N) is 2. The van der Waals surface area contributed by atoms with Crippen LogP contribution in [0.25, 0.3) is 0 Å². The molecule has 0 fully saturated rings. The van der Waals surface area contributed by atoms with E-state index in [1.807, 2.05) is 32.0 Å². The second-order valence-electron chi connectivity index (χ2n) is 3.64. The highest BCUT2D eigenvalue weighted by atomic mass is 35.5. The van der Waals surface area contributed by atoms with Crippen LogP contribution in [0.15, 0.2) is 18.2 Å². The second kappa shape index (κ2) is 6.03. The zero-order valence-electron chi connectivity index (χ0n) is 9.25. The zero-order valence-corrected chi connectivity index (χ0v) is 10.8. The fourth-order valence-corrected chi connectivity index (χ4v) is 1.64. The minimum absolute atomic E-state index is 0.0380. The molecule has 0 aliphatic heterocycles. The number of halogens is 1. The van der Waals surface area contributed by atoms with E-state index in [1.165, 1.54) is 0 Å². The molecule has 3 nitrogen and oxygen atoms in total. The van der Waals surface area contributed by atoms with Crippen molar-refractivity contribution in [1.29, 1.82) is 0 Å². The van der Waals surface area contributed by atoms with E-state index in [-0.39, 0.29) is 12.6 Å². The summed E-state index contributed by atoms with van der Waals surface area (Å²) in [4.78, 5) is 0. The fraction of sp³-hybridized carbons (Fsp3) is 0.364. The van der Waals surface area contributed by atoms with Gasteiger partial charge in [0.05, 0.1) is 6.61 Å². The van der Waals surface area contributed by atoms with Crippen LogP contribution in [0, 0.1) is 6.92 Å². The Kier molecular flexibility index (Phi) is 4.99. The van der Waals surface area contributed by atoms with Gasteiger partial charge in [0, 0.05) is 16.8 Å². The van der Waals surface area contributed by atoms with Gasteiger partial charge in [0.15, 0.2) is 5.11 Å². The van der Waals surface area contributed by atoms with Crippen LogP contribution in [0.3, 0.4) is 0 Å². The molecule has 0 aliphatic carbocycles. The van der Waals surface area contributed by atoms with Gasteiger partial charge in [-0.25, -0.2) is 0 Å². The average molecular weight is 259 g/mol. The quantitative estimate of drug-likeness (QED) is 0.728. The van der Waals surface area contributed by atoms with Crippen LogP contribution in [0.4, 0.5) is 5.69 Å². The maximum absolute atomic E-state index is 8.88. The van der Waals surface area contributed by atoms with Gasteiger partial charge in [-0.1, -0.05) is 17.7 Å². The summed E-state index contributed by atoms with van der Waals surface area (Å²) in [6.07, 6.45) is 0. The smallest absolute Gasteiger partial charge is 0.171 e. The Labute approximate surface area is 106 Å². The van der Waals surface area contributed by atoms with Gasteiger partial charge in [-0.3, -0.25) is 0 Å². The highest BCUT2D eigenvalue weighted by molar-refractivity contribution is 7.80. The molecule has 0 spiro atoms. The highest BCUT2D eigenvalue weighted by Gasteiger charge is 2.04. The molecule has 3 N–H and O–H groups in total. The molecule has 0 amide bonds. The van der Waals surface area contributed by atoms with Crippen LogP contribution in [0.1, 0.15) is 12.5 Å². The van der Waals surface area contributed by atoms with Gasteiger partial charge in [-0.15, -0.1) is 0 Å². The molecule has 1 atom stereocenters. The lowest BCUT2D eigenvalue weighted by atomic mass is 10.2. The molecule has 0 saturated carbocycles. The lowest BCUT2D eigenvalue weighted by molar-refractivity contribution is 0.264. The van der Waals surface area contributed by atoms with E-state index in [1.54, 1.807) is 0 Å². The first kappa shape index (κ1) is 13.2. The number of aryl methyl sites for hydroxylation is 1. The Bertz CT molecular complexity index is 384. The standard InChI is InChI=1S/C11H15ClN2OS/c1-7-3-4-9(12)5-10(7)14-11(16)13-8(2)6-15/h3-5,8,15H,6H2,1-2H3,(H2,13,14,16)/t8-/m0/s1. The number of hydrogen-bond acceptors (Lipinski definition) is 2. The van der Waals surface area contributed by atoms with E-state index in [2.05, 4.69) is 10.6 Å². The minimum Gasteiger partial charge on any atom is -0.394 e. The lowest BCUT2D eigenvalue weighted by Crippen LogP contribution is -2.38. The van der Waals surface area contributed by atoms with E-state index < -0.39 is 0 Å². The molecular formula is C11H15ClN2OS. The van der Waals surface area contributed by atoms with Crippen LogP contribution < -0.4 is 10.6 Å². The first-order chi connectivity index (χ1) is 7.52. The summed E-state index contributed by atoms with van der Waals surface area (Å²) in [6, 6.07) is 5.49. The molecule has 1 aromatic carbocycles. The third-order valence-corrected chi connectivity index (χ3v) is 2.55. The van der Waals surface area contributed by atoms with E-state index in [0.717, 1.165) is 11.3 Å². The van der Waals surface area contributed by atoms with Crippen molar-refractivity contribution in [1.82, 2.24) is 5.32 Å². The Morgan fingerprint density at radius 1 is 1.56 bits per heavy atom. The van der Waals surface area contributed by atoms with Crippen molar-refractivity contribution < 1.29 is 5.11 Å². The van der Waals surface area contributed by atoms with Gasteiger partial charge in [0.1, 0.15) is 0 Å². The van der Waals surface area contributed by atoms with E-state index in [0.29, 0.717) is 10.1 Å². The summed E-state index contributed by atoms with van der Waals surface area (Å²) in [5.74, 6) is 0. The number of aliphatic hydroxyl groups excluding tert-OH is 1. The fourth-order valence-electron chi connectivity index (χ4n) is 1.16. The molecule has 0 unspecified atom stereocenters. The van der Waals surface area contributed by atoms with Crippen molar-refractivity contribution in [3.8, 4) is 0 Å². The average Bonchev–Trinajstić information content (AvgIpc) is 2.23. The van der Waals surface area contributed by atoms with Crippen molar-refractivity contribution in [2.24, 2.45) is 0 Å². The van der Waals surface area contributed by atoms with E-state index in [9.17, 15) is 0 Å².